The van der Waals surface area contributed by atoms with E-state index in [1.807, 2.05) is 36.4 Å². The molecule has 0 atom stereocenters. The number of carbonyl (C=O) groups is 2. The van der Waals surface area contributed by atoms with Crippen molar-refractivity contribution in [1.82, 2.24) is 0 Å². The third-order valence-electron chi connectivity index (χ3n) is 8.59. The maximum Gasteiger partial charge on any atom is 0.335 e. The molecule has 0 amide bonds. The second kappa shape index (κ2) is 16.5. The van der Waals surface area contributed by atoms with E-state index in [-0.39, 0.29) is 5.78 Å². The quantitative estimate of drug-likeness (QED) is 0.0493. The number of hydrogen-bond acceptors (Lipinski definition) is 6. The number of hydrogen-bond donors (Lipinski definition) is 0. The molecule has 0 N–H and O–H groups in total. The van der Waals surface area contributed by atoms with Crippen molar-refractivity contribution in [2.75, 3.05) is 9.80 Å². The highest BCUT2D eigenvalue weighted by Gasteiger charge is 2.15. The summed E-state index contributed by atoms with van der Waals surface area (Å²) in [5, 5.41) is 0. The average Bonchev–Trinajstić information content (AvgIpc) is 3.18. The van der Waals surface area contributed by atoms with Gasteiger partial charge in [-0.15, -0.1) is 0 Å². The topological polar surface area (TPSA) is 59.1 Å². The SMILES string of the molecule is C=CC(=O)Oc1ccc(N(c2ccc(C)cc2)c2ccc(COCc3ccc(N(c4ccc(C)cc4)c4ccc(C(=O)C=C)cc4)cc3)cc2)cc1. The molecular formula is C46H40N2O4. The lowest BCUT2D eigenvalue weighted by atomic mass is 10.1. The van der Waals surface area contributed by atoms with E-state index in [1.165, 1.54) is 17.2 Å². The molecule has 258 valence electrons. The van der Waals surface area contributed by atoms with E-state index in [0.717, 1.165) is 51.3 Å². The zero-order chi connectivity index (χ0) is 36.5. The summed E-state index contributed by atoms with van der Waals surface area (Å²) in [4.78, 5) is 28.1. The zero-order valence-electron chi connectivity index (χ0n) is 29.4. The van der Waals surface area contributed by atoms with Crippen molar-refractivity contribution in [3.63, 3.8) is 0 Å². The summed E-state index contributed by atoms with van der Waals surface area (Å²) in [5.41, 5.74) is 11.0. The predicted octanol–water partition coefficient (Wildman–Crippen LogP) is 11.4. The van der Waals surface area contributed by atoms with Crippen LogP contribution in [0.1, 0.15) is 32.6 Å². The normalized spacial score (nSPS) is 10.7. The van der Waals surface area contributed by atoms with Crippen LogP contribution in [0.3, 0.4) is 0 Å². The van der Waals surface area contributed by atoms with Gasteiger partial charge in [-0.3, -0.25) is 4.79 Å². The Hall–Kier alpha value is -6.50. The molecule has 6 heteroatoms. The first-order valence-corrected chi connectivity index (χ1v) is 17.0. The maximum atomic E-state index is 12.1. The van der Waals surface area contributed by atoms with E-state index in [9.17, 15) is 9.59 Å². The van der Waals surface area contributed by atoms with Gasteiger partial charge in [-0.2, -0.15) is 0 Å². The van der Waals surface area contributed by atoms with E-state index >= 15 is 0 Å². The lowest BCUT2D eigenvalue weighted by Crippen LogP contribution is -2.10. The third kappa shape index (κ3) is 8.62. The van der Waals surface area contributed by atoms with E-state index < -0.39 is 5.97 Å². The first kappa shape index (κ1) is 35.3. The largest absolute Gasteiger partial charge is 0.423 e. The summed E-state index contributed by atoms with van der Waals surface area (Å²) in [5.74, 6) is -0.143. The molecule has 0 heterocycles. The van der Waals surface area contributed by atoms with Crippen LogP contribution in [0.4, 0.5) is 34.1 Å². The van der Waals surface area contributed by atoms with Crippen LogP contribution in [-0.4, -0.2) is 11.8 Å². The highest BCUT2D eigenvalue weighted by atomic mass is 16.5. The molecule has 6 nitrogen and oxygen atoms in total. The molecular weight excluding hydrogens is 645 g/mol. The number of ketones is 1. The minimum absolute atomic E-state index is 0.102. The second-order valence-electron chi connectivity index (χ2n) is 12.4. The van der Waals surface area contributed by atoms with Crippen LogP contribution in [0.15, 0.2) is 171 Å². The van der Waals surface area contributed by atoms with Gasteiger partial charge in [-0.05, 0) is 128 Å². The molecule has 6 aromatic rings. The van der Waals surface area contributed by atoms with Gasteiger partial charge in [0.25, 0.3) is 0 Å². The Bertz CT molecular complexity index is 2140. The van der Waals surface area contributed by atoms with E-state index in [2.05, 4.69) is 134 Å². The zero-order valence-corrected chi connectivity index (χ0v) is 29.4. The average molecular weight is 685 g/mol. The van der Waals surface area contributed by atoms with Crippen LogP contribution in [0.5, 0.6) is 5.75 Å². The van der Waals surface area contributed by atoms with Gasteiger partial charge >= 0.3 is 5.97 Å². The molecule has 0 aliphatic rings. The number of esters is 1. The highest BCUT2D eigenvalue weighted by Crippen LogP contribution is 2.37. The van der Waals surface area contributed by atoms with Crippen molar-refractivity contribution in [1.29, 1.82) is 0 Å². The van der Waals surface area contributed by atoms with Gasteiger partial charge in [0.15, 0.2) is 5.78 Å². The van der Waals surface area contributed by atoms with Crippen molar-refractivity contribution in [3.05, 3.63) is 199 Å². The van der Waals surface area contributed by atoms with Gasteiger partial charge < -0.3 is 19.3 Å². The molecule has 0 unspecified atom stereocenters. The monoisotopic (exact) mass is 684 g/mol. The van der Waals surface area contributed by atoms with Gasteiger partial charge in [-0.1, -0.05) is 72.8 Å². The van der Waals surface area contributed by atoms with Crippen molar-refractivity contribution < 1.29 is 19.1 Å². The molecule has 0 spiro atoms. The Balaban J connectivity index is 1.14. The summed E-state index contributed by atoms with van der Waals surface area (Å²) in [7, 11) is 0. The number of ether oxygens (including phenoxy) is 2. The van der Waals surface area contributed by atoms with E-state index in [4.69, 9.17) is 9.47 Å². The van der Waals surface area contributed by atoms with Crippen LogP contribution in [-0.2, 0) is 22.7 Å². The molecule has 0 aliphatic heterocycles. The van der Waals surface area contributed by atoms with Crippen LogP contribution in [0.25, 0.3) is 0 Å². The van der Waals surface area contributed by atoms with Crippen molar-refractivity contribution >= 4 is 45.9 Å². The number of benzene rings is 6. The minimum atomic E-state index is -0.496. The third-order valence-corrected chi connectivity index (χ3v) is 8.59. The molecule has 52 heavy (non-hydrogen) atoms. The van der Waals surface area contributed by atoms with Gasteiger partial charge in [0.05, 0.1) is 13.2 Å². The summed E-state index contributed by atoms with van der Waals surface area (Å²) in [6.07, 6.45) is 2.48. The molecule has 6 rings (SSSR count). The number of anilines is 6. The van der Waals surface area contributed by atoms with Crippen molar-refractivity contribution in [3.8, 4) is 5.75 Å². The molecule has 0 radical (unpaired) electrons. The molecule has 0 aliphatic carbocycles. The fourth-order valence-electron chi connectivity index (χ4n) is 5.77. The van der Waals surface area contributed by atoms with Crippen LogP contribution in [0.2, 0.25) is 0 Å². The Labute approximate surface area is 305 Å². The first-order valence-electron chi connectivity index (χ1n) is 17.0. The standard InChI is InChI=1S/C46H40N2O4/c1-5-45(49)37-15-25-42(26-16-37)47(38-17-7-33(3)8-18-38)40-21-11-35(12-22-40)31-51-32-36-13-23-41(24-14-36)48(39-19-9-34(4)10-20-39)43-27-29-44(30-28-43)52-46(50)6-2/h5-30H,1-2,31-32H2,3-4H3. The van der Waals surface area contributed by atoms with Gasteiger partial charge in [0, 0.05) is 45.8 Å². The molecule has 0 saturated heterocycles. The highest BCUT2D eigenvalue weighted by molar-refractivity contribution is 6.04. The smallest absolute Gasteiger partial charge is 0.335 e. The lowest BCUT2D eigenvalue weighted by Gasteiger charge is -2.26. The van der Waals surface area contributed by atoms with E-state index in [1.54, 1.807) is 12.1 Å². The van der Waals surface area contributed by atoms with Crippen molar-refractivity contribution in [2.45, 2.75) is 27.1 Å². The summed E-state index contributed by atoms with van der Waals surface area (Å²) in [6.45, 7) is 12.1. The number of aryl methyl sites for hydroxylation is 2. The first-order chi connectivity index (χ1) is 25.3. The Morgan fingerprint density at radius 3 is 1.21 bits per heavy atom. The van der Waals surface area contributed by atoms with E-state index in [0.29, 0.717) is 24.5 Å². The fraction of sp³-hybridized carbons (Fsp3) is 0.0870. The number of allylic oxidation sites excluding steroid dienone is 1. The van der Waals surface area contributed by atoms with Crippen LogP contribution in [0, 0.1) is 13.8 Å². The number of nitrogens with zero attached hydrogens (tertiary/aromatic N) is 2. The number of carbonyl (C=O) groups excluding carboxylic acids is 2. The van der Waals surface area contributed by atoms with Crippen LogP contribution >= 0.6 is 0 Å². The molecule has 0 fully saturated rings. The fourth-order valence-corrected chi connectivity index (χ4v) is 5.77. The predicted molar refractivity (Wildman–Crippen MR) is 211 cm³/mol. The Morgan fingerprint density at radius 1 is 0.500 bits per heavy atom. The molecule has 6 aromatic carbocycles. The lowest BCUT2D eigenvalue weighted by molar-refractivity contribution is -0.128. The Morgan fingerprint density at radius 2 is 0.846 bits per heavy atom. The number of rotatable bonds is 14. The summed E-state index contributed by atoms with van der Waals surface area (Å²) in [6, 6.07) is 48.4. The molecule has 0 aromatic heterocycles. The second-order valence-corrected chi connectivity index (χ2v) is 12.4. The summed E-state index contributed by atoms with van der Waals surface area (Å²) >= 11 is 0. The van der Waals surface area contributed by atoms with Gasteiger partial charge in [0.2, 0.25) is 0 Å². The maximum absolute atomic E-state index is 12.1. The van der Waals surface area contributed by atoms with Crippen molar-refractivity contribution in [2.24, 2.45) is 0 Å². The van der Waals surface area contributed by atoms with Crippen LogP contribution < -0.4 is 14.5 Å². The molecule has 0 saturated carbocycles. The summed E-state index contributed by atoms with van der Waals surface area (Å²) < 4.78 is 11.4. The minimum Gasteiger partial charge on any atom is -0.423 e. The van der Waals surface area contributed by atoms with Gasteiger partial charge in [0.1, 0.15) is 5.75 Å². The Kier molecular flexibility index (Phi) is 11.2. The van der Waals surface area contributed by atoms with Gasteiger partial charge in [-0.25, -0.2) is 4.79 Å². The molecule has 0 bridgehead atoms.